The molecule has 94 valence electrons. The highest BCUT2D eigenvalue weighted by Crippen LogP contribution is 2.24. The Labute approximate surface area is 109 Å². The summed E-state index contributed by atoms with van der Waals surface area (Å²) < 4.78 is 5.23. The van der Waals surface area contributed by atoms with Crippen LogP contribution in [0.4, 0.5) is 0 Å². The van der Waals surface area contributed by atoms with Crippen molar-refractivity contribution in [1.29, 1.82) is 0 Å². The average molecular weight is 252 g/mol. The van der Waals surface area contributed by atoms with Crippen LogP contribution in [0.1, 0.15) is 11.1 Å². The summed E-state index contributed by atoms with van der Waals surface area (Å²) in [6, 6.07) is 16.3. The second kappa shape index (κ2) is 4.61. The van der Waals surface area contributed by atoms with E-state index in [9.17, 15) is 9.90 Å². The molecular weight excluding hydrogens is 240 g/mol. The van der Waals surface area contributed by atoms with Gasteiger partial charge in [-0.2, -0.15) is 0 Å². The average Bonchev–Trinajstić information content (AvgIpc) is 2.42. The normalized spacial score (nSPS) is 10.7. The standard InChI is InChI=1S/C16H12O3/c17-14-7-4-8-15-13(14)10-12(16(18)19-15)9-11-5-2-1-3-6-11/h1-8,10,17H,9H2. The summed E-state index contributed by atoms with van der Waals surface area (Å²) in [6.07, 6.45) is 0.493. The van der Waals surface area contributed by atoms with Gasteiger partial charge in [-0.1, -0.05) is 36.4 Å². The minimum atomic E-state index is -0.359. The Balaban J connectivity index is 2.12. The maximum absolute atomic E-state index is 11.9. The van der Waals surface area contributed by atoms with Crippen molar-refractivity contribution in [2.75, 3.05) is 0 Å². The van der Waals surface area contributed by atoms with E-state index in [2.05, 4.69) is 0 Å². The van der Waals surface area contributed by atoms with E-state index in [-0.39, 0.29) is 11.4 Å². The van der Waals surface area contributed by atoms with E-state index in [1.54, 1.807) is 24.3 Å². The molecule has 0 aliphatic rings. The fraction of sp³-hybridized carbons (Fsp3) is 0.0625. The van der Waals surface area contributed by atoms with Crippen molar-refractivity contribution >= 4 is 11.0 Å². The van der Waals surface area contributed by atoms with Crippen molar-refractivity contribution in [2.45, 2.75) is 6.42 Å². The third-order valence-electron chi connectivity index (χ3n) is 3.06. The van der Waals surface area contributed by atoms with Crippen molar-refractivity contribution < 1.29 is 9.52 Å². The maximum atomic E-state index is 11.9. The Hall–Kier alpha value is -2.55. The van der Waals surface area contributed by atoms with Crippen LogP contribution >= 0.6 is 0 Å². The Kier molecular flexibility index (Phi) is 2.80. The summed E-state index contributed by atoms with van der Waals surface area (Å²) in [4.78, 5) is 11.9. The summed E-state index contributed by atoms with van der Waals surface area (Å²) >= 11 is 0. The van der Waals surface area contributed by atoms with Crippen molar-refractivity contribution in [3.63, 3.8) is 0 Å². The highest BCUT2D eigenvalue weighted by Gasteiger charge is 2.08. The third kappa shape index (κ3) is 2.22. The van der Waals surface area contributed by atoms with Crippen LogP contribution in [0.3, 0.4) is 0 Å². The van der Waals surface area contributed by atoms with Crippen LogP contribution in [0.15, 0.2) is 63.8 Å². The van der Waals surface area contributed by atoms with Crippen LogP contribution in [-0.4, -0.2) is 5.11 Å². The van der Waals surface area contributed by atoms with Gasteiger partial charge in [0, 0.05) is 12.0 Å². The highest BCUT2D eigenvalue weighted by molar-refractivity contribution is 5.83. The zero-order valence-electron chi connectivity index (χ0n) is 10.2. The van der Waals surface area contributed by atoms with Gasteiger partial charge < -0.3 is 9.52 Å². The number of hydrogen-bond donors (Lipinski definition) is 1. The summed E-state index contributed by atoms with van der Waals surface area (Å²) in [7, 11) is 0. The van der Waals surface area contributed by atoms with E-state index < -0.39 is 0 Å². The van der Waals surface area contributed by atoms with E-state index in [0.29, 0.717) is 23.0 Å². The molecule has 1 aromatic heterocycles. The number of phenolic OH excluding ortho intramolecular Hbond substituents is 1. The monoisotopic (exact) mass is 252 g/mol. The molecule has 1 heterocycles. The first kappa shape index (κ1) is 11.5. The fourth-order valence-corrected chi connectivity index (χ4v) is 2.10. The van der Waals surface area contributed by atoms with E-state index >= 15 is 0 Å². The second-order valence-corrected chi connectivity index (χ2v) is 4.41. The Morgan fingerprint density at radius 1 is 1.00 bits per heavy atom. The topological polar surface area (TPSA) is 50.4 Å². The second-order valence-electron chi connectivity index (χ2n) is 4.41. The van der Waals surface area contributed by atoms with Gasteiger partial charge in [0.1, 0.15) is 11.3 Å². The van der Waals surface area contributed by atoms with Gasteiger partial charge in [-0.3, -0.25) is 0 Å². The molecule has 19 heavy (non-hydrogen) atoms. The van der Waals surface area contributed by atoms with Crippen LogP contribution in [0, 0.1) is 0 Å². The minimum Gasteiger partial charge on any atom is -0.507 e. The van der Waals surface area contributed by atoms with Gasteiger partial charge in [-0.25, -0.2) is 4.79 Å². The molecule has 3 aromatic rings. The summed E-state index contributed by atoms with van der Waals surface area (Å²) in [5, 5.41) is 10.4. The van der Waals surface area contributed by atoms with Crippen LogP contribution < -0.4 is 5.63 Å². The predicted octanol–water partition coefficient (Wildman–Crippen LogP) is 3.09. The smallest absolute Gasteiger partial charge is 0.339 e. The van der Waals surface area contributed by atoms with Crippen LogP contribution in [0.5, 0.6) is 5.75 Å². The van der Waals surface area contributed by atoms with Crippen molar-refractivity contribution in [2.24, 2.45) is 0 Å². The number of fused-ring (bicyclic) bond motifs is 1. The number of rotatable bonds is 2. The first-order valence-electron chi connectivity index (χ1n) is 6.03. The molecule has 0 atom stereocenters. The number of benzene rings is 2. The Bertz CT molecular complexity index is 773. The number of phenols is 1. The van der Waals surface area contributed by atoms with E-state index in [1.807, 2.05) is 30.3 Å². The first-order valence-corrected chi connectivity index (χ1v) is 6.03. The van der Waals surface area contributed by atoms with Gasteiger partial charge in [0.15, 0.2) is 0 Å². The first-order chi connectivity index (χ1) is 9.24. The summed E-state index contributed by atoms with van der Waals surface area (Å²) in [6.45, 7) is 0. The van der Waals surface area contributed by atoms with Crippen LogP contribution in [-0.2, 0) is 6.42 Å². The molecule has 3 heteroatoms. The molecule has 0 aliphatic heterocycles. The quantitative estimate of drug-likeness (QED) is 0.713. The zero-order chi connectivity index (χ0) is 13.2. The highest BCUT2D eigenvalue weighted by atomic mass is 16.4. The number of hydrogen-bond acceptors (Lipinski definition) is 3. The molecule has 0 unspecified atom stereocenters. The Morgan fingerprint density at radius 2 is 1.79 bits per heavy atom. The lowest BCUT2D eigenvalue weighted by Crippen LogP contribution is -2.07. The maximum Gasteiger partial charge on any atom is 0.339 e. The van der Waals surface area contributed by atoms with E-state index in [4.69, 9.17) is 4.42 Å². The molecule has 0 amide bonds. The van der Waals surface area contributed by atoms with E-state index in [1.165, 1.54) is 0 Å². The molecular formula is C16H12O3. The molecule has 0 saturated carbocycles. The molecule has 0 spiro atoms. The van der Waals surface area contributed by atoms with Crippen molar-refractivity contribution in [3.8, 4) is 5.75 Å². The van der Waals surface area contributed by atoms with E-state index in [0.717, 1.165) is 5.56 Å². The van der Waals surface area contributed by atoms with Crippen molar-refractivity contribution in [1.82, 2.24) is 0 Å². The summed E-state index contributed by atoms with van der Waals surface area (Å²) in [5.41, 5.74) is 1.62. The van der Waals surface area contributed by atoms with Gasteiger partial charge in [0.25, 0.3) is 0 Å². The molecule has 0 radical (unpaired) electrons. The van der Waals surface area contributed by atoms with Gasteiger partial charge in [-0.15, -0.1) is 0 Å². The van der Waals surface area contributed by atoms with Gasteiger partial charge in [-0.05, 0) is 23.8 Å². The van der Waals surface area contributed by atoms with Gasteiger partial charge >= 0.3 is 5.63 Å². The molecule has 2 aromatic carbocycles. The van der Waals surface area contributed by atoms with Crippen molar-refractivity contribution in [3.05, 3.63) is 76.1 Å². The molecule has 1 N–H and O–H groups in total. The molecule has 3 rings (SSSR count). The largest absolute Gasteiger partial charge is 0.507 e. The predicted molar refractivity (Wildman–Crippen MR) is 73.4 cm³/mol. The SMILES string of the molecule is O=c1oc2cccc(O)c2cc1Cc1ccccc1. The molecule has 0 saturated heterocycles. The molecule has 0 bridgehead atoms. The Morgan fingerprint density at radius 3 is 2.58 bits per heavy atom. The zero-order valence-corrected chi connectivity index (χ0v) is 10.2. The minimum absolute atomic E-state index is 0.121. The van der Waals surface area contributed by atoms with Crippen LogP contribution in [0.25, 0.3) is 11.0 Å². The van der Waals surface area contributed by atoms with Gasteiger partial charge in [0.2, 0.25) is 0 Å². The molecule has 3 nitrogen and oxygen atoms in total. The number of aromatic hydroxyl groups is 1. The van der Waals surface area contributed by atoms with Crippen LogP contribution in [0.2, 0.25) is 0 Å². The lowest BCUT2D eigenvalue weighted by Gasteiger charge is -2.03. The molecule has 0 fully saturated rings. The third-order valence-corrected chi connectivity index (χ3v) is 3.06. The fourth-order valence-electron chi connectivity index (χ4n) is 2.10. The lowest BCUT2D eigenvalue weighted by molar-refractivity contribution is 0.478. The summed E-state index contributed by atoms with van der Waals surface area (Å²) in [5.74, 6) is 0.121. The lowest BCUT2D eigenvalue weighted by atomic mass is 10.1. The molecule has 0 aliphatic carbocycles. The van der Waals surface area contributed by atoms with Gasteiger partial charge in [0.05, 0.1) is 5.39 Å².